The van der Waals surface area contributed by atoms with E-state index in [4.69, 9.17) is 16.3 Å². The van der Waals surface area contributed by atoms with Crippen molar-refractivity contribution in [1.29, 1.82) is 0 Å². The average molecular weight is 213 g/mol. The molecule has 1 atom stereocenters. The number of hydrogen-bond acceptors (Lipinski definition) is 3. The van der Waals surface area contributed by atoms with Crippen LogP contribution in [0.1, 0.15) is 11.7 Å². The summed E-state index contributed by atoms with van der Waals surface area (Å²) < 4.78 is 5.06. The summed E-state index contributed by atoms with van der Waals surface area (Å²) in [4.78, 5) is 10.9. The van der Waals surface area contributed by atoms with Crippen LogP contribution in [0.15, 0.2) is 24.3 Å². The number of nitrogens with one attached hydrogen (secondary N) is 2. The molecule has 1 fully saturated rings. The first-order valence-electron chi connectivity index (χ1n) is 4.21. The predicted molar refractivity (Wildman–Crippen MR) is 51.8 cm³/mol. The summed E-state index contributed by atoms with van der Waals surface area (Å²) in [7, 11) is 0. The molecule has 0 radical (unpaired) electrons. The van der Waals surface area contributed by atoms with E-state index in [-0.39, 0.29) is 6.10 Å². The van der Waals surface area contributed by atoms with Crippen molar-refractivity contribution in [1.82, 2.24) is 10.9 Å². The third kappa shape index (κ3) is 1.81. The molecular weight excluding hydrogens is 204 g/mol. The van der Waals surface area contributed by atoms with Gasteiger partial charge in [-0.25, -0.2) is 10.2 Å². The van der Waals surface area contributed by atoms with Gasteiger partial charge in [0.25, 0.3) is 0 Å². The molecule has 5 heteroatoms. The molecule has 1 heterocycles. The zero-order chi connectivity index (χ0) is 9.97. The van der Waals surface area contributed by atoms with Crippen molar-refractivity contribution in [3.8, 4) is 0 Å². The second-order valence-electron chi connectivity index (χ2n) is 2.92. The number of hydrogen-bond donors (Lipinski definition) is 2. The van der Waals surface area contributed by atoms with Crippen LogP contribution in [0, 0.1) is 0 Å². The minimum atomic E-state index is -0.485. The Kier molecular flexibility index (Phi) is 2.56. The number of cyclic esters (lactones) is 1. The summed E-state index contributed by atoms with van der Waals surface area (Å²) in [6, 6.07) is 7.30. The van der Waals surface area contributed by atoms with Gasteiger partial charge in [-0.15, -0.1) is 0 Å². The largest absolute Gasteiger partial charge is 0.439 e. The first-order valence-corrected chi connectivity index (χ1v) is 4.59. The van der Waals surface area contributed by atoms with Crippen LogP contribution in [-0.2, 0) is 4.74 Å². The second-order valence-corrected chi connectivity index (χ2v) is 3.33. The molecule has 1 unspecified atom stereocenters. The van der Waals surface area contributed by atoms with Gasteiger partial charge in [-0.2, -0.15) is 0 Å². The van der Waals surface area contributed by atoms with E-state index in [0.717, 1.165) is 5.56 Å². The van der Waals surface area contributed by atoms with E-state index in [1.165, 1.54) is 0 Å². The second kappa shape index (κ2) is 3.86. The lowest BCUT2D eigenvalue weighted by Crippen LogP contribution is -2.46. The fourth-order valence-electron chi connectivity index (χ4n) is 1.33. The molecule has 0 aliphatic carbocycles. The monoisotopic (exact) mass is 212 g/mol. The number of rotatable bonds is 1. The summed E-state index contributed by atoms with van der Waals surface area (Å²) in [6.45, 7) is 0.509. The molecular formula is C9H9ClN2O2. The van der Waals surface area contributed by atoms with Crippen molar-refractivity contribution in [3.63, 3.8) is 0 Å². The first-order chi connectivity index (χ1) is 6.77. The molecule has 14 heavy (non-hydrogen) atoms. The standard InChI is InChI=1S/C9H9ClN2O2/c10-7-4-2-1-3-6(7)8-5-11-12-9(13)14-8/h1-4,8,11H,5H2,(H,12,13). The Hall–Kier alpha value is -1.26. The SMILES string of the molecule is O=C1NNCC(c2ccccc2Cl)O1. The van der Waals surface area contributed by atoms with E-state index in [2.05, 4.69) is 10.9 Å². The van der Waals surface area contributed by atoms with E-state index in [9.17, 15) is 4.79 Å². The minimum absolute atomic E-state index is 0.322. The van der Waals surface area contributed by atoms with Gasteiger partial charge in [0.05, 0.1) is 6.54 Å². The fraction of sp³-hybridized carbons (Fsp3) is 0.222. The Morgan fingerprint density at radius 1 is 1.43 bits per heavy atom. The van der Waals surface area contributed by atoms with E-state index in [1.54, 1.807) is 6.07 Å². The number of carbonyl (C=O) groups is 1. The van der Waals surface area contributed by atoms with Gasteiger partial charge in [0.15, 0.2) is 0 Å². The maximum Gasteiger partial charge on any atom is 0.422 e. The highest BCUT2D eigenvalue weighted by Crippen LogP contribution is 2.25. The topological polar surface area (TPSA) is 50.4 Å². The van der Waals surface area contributed by atoms with Crippen LogP contribution in [0.4, 0.5) is 4.79 Å². The van der Waals surface area contributed by atoms with E-state index in [0.29, 0.717) is 11.6 Å². The van der Waals surface area contributed by atoms with Crippen molar-refractivity contribution in [3.05, 3.63) is 34.9 Å². The molecule has 1 amide bonds. The van der Waals surface area contributed by atoms with E-state index >= 15 is 0 Å². The van der Waals surface area contributed by atoms with Gasteiger partial charge in [-0.1, -0.05) is 29.8 Å². The van der Waals surface area contributed by atoms with Gasteiger partial charge in [0.2, 0.25) is 0 Å². The van der Waals surface area contributed by atoms with Crippen LogP contribution in [0.25, 0.3) is 0 Å². The van der Waals surface area contributed by atoms with Crippen molar-refractivity contribution < 1.29 is 9.53 Å². The smallest absolute Gasteiger partial charge is 0.422 e. The molecule has 2 N–H and O–H groups in total. The Labute approximate surface area is 86.2 Å². The molecule has 0 aromatic heterocycles. The molecule has 1 aromatic rings. The molecule has 1 aliphatic rings. The van der Waals surface area contributed by atoms with E-state index in [1.807, 2.05) is 18.2 Å². The number of hydrazine groups is 1. The molecule has 0 spiro atoms. The lowest BCUT2D eigenvalue weighted by Gasteiger charge is -2.24. The van der Waals surface area contributed by atoms with Gasteiger partial charge >= 0.3 is 6.09 Å². The van der Waals surface area contributed by atoms with Gasteiger partial charge in [0, 0.05) is 10.6 Å². The predicted octanol–water partition coefficient (Wildman–Crippen LogP) is 1.63. The average Bonchev–Trinajstić information content (AvgIpc) is 2.18. The van der Waals surface area contributed by atoms with Gasteiger partial charge in [0.1, 0.15) is 6.10 Å². The quantitative estimate of drug-likeness (QED) is 0.744. The summed E-state index contributed by atoms with van der Waals surface area (Å²) in [5.41, 5.74) is 5.89. The molecule has 0 saturated carbocycles. The molecule has 4 nitrogen and oxygen atoms in total. The Bertz CT molecular complexity index is 356. The third-order valence-electron chi connectivity index (χ3n) is 1.98. The van der Waals surface area contributed by atoms with Gasteiger partial charge < -0.3 is 4.74 Å². The third-order valence-corrected chi connectivity index (χ3v) is 2.32. The van der Waals surface area contributed by atoms with Crippen LogP contribution >= 0.6 is 11.6 Å². The Morgan fingerprint density at radius 2 is 2.21 bits per heavy atom. The number of ether oxygens (including phenoxy) is 1. The minimum Gasteiger partial charge on any atom is -0.439 e. The number of carbonyl (C=O) groups excluding carboxylic acids is 1. The summed E-state index contributed by atoms with van der Waals surface area (Å²) >= 11 is 5.97. The van der Waals surface area contributed by atoms with Crippen molar-refractivity contribution in [2.45, 2.75) is 6.10 Å². The van der Waals surface area contributed by atoms with Crippen LogP contribution in [-0.4, -0.2) is 12.6 Å². The highest BCUT2D eigenvalue weighted by molar-refractivity contribution is 6.31. The zero-order valence-electron chi connectivity index (χ0n) is 7.29. The fourth-order valence-corrected chi connectivity index (χ4v) is 1.58. The van der Waals surface area contributed by atoms with Crippen LogP contribution in [0.2, 0.25) is 5.02 Å². The van der Waals surface area contributed by atoms with Crippen molar-refractivity contribution in [2.24, 2.45) is 0 Å². The molecule has 1 aliphatic heterocycles. The molecule has 74 valence electrons. The summed E-state index contributed by atoms with van der Waals surface area (Å²) in [5, 5.41) is 0.606. The number of halogens is 1. The first kappa shape index (κ1) is 9.30. The number of amides is 1. The molecule has 1 saturated heterocycles. The van der Waals surface area contributed by atoms with Gasteiger partial charge in [-0.05, 0) is 6.07 Å². The van der Waals surface area contributed by atoms with Crippen LogP contribution in [0.3, 0.4) is 0 Å². The van der Waals surface area contributed by atoms with E-state index < -0.39 is 6.09 Å². The van der Waals surface area contributed by atoms with Gasteiger partial charge in [-0.3, -0.25) is 5.43 Å². The normalized spacial score (nSPS) is 21.2. The zero-order valence-corrected chi connectivity index (χ0v) is 8.04. The summed E-state index contributed by atoms with van der Waals surface area (Å²) in [5.74, 6) is 0. The molecule has 2 rings (SSSR count). The van der Waals surface area contributed by atoms with Crippen molar-refractivity contribution >= 4 is 17.7 Å². The maximum atomic E-state index is 10.9. The Morgan fingerprint density at radius 3 is 2.93 bits per heavy atom. The number of benzene rings is 1. The Balaban J connectivity index is 2.22. The molecule has 0 bridgehead atoms. The lowest BCUT2D eigenvalue weighted by molar-refractivity contribution is 0.0679. The maximum absolute atomic E-state index is 10.9. The lowest BCUT2D eigenvalue weighted by atomic mass is 10.1. The van der Waals surface area contributed by atoms with Crippen LogP contribution in [0.5, 0.6) is 0 Å². The summed E-state index contributed by atoms with van der Waals surface area (Å²) in [6.07, 6.45) is -0.807. The highest BCUT2D eigenvalue weighted by Gasteiger charge is 2.22. The highest BCUT2D eigenvalue weighted by atomic mass is 35.5. The van der Waals surface area contributed by atoms with Crippen molar-refractivity contribution in [2.75, 3.05) is 6.54 Å². The molecule has 1 aromatic carbocycles. The van der Waals surface area contributed by atoms with Crippen LogP contribution < -0.4 is 10.9 Å².